The van der Waals surface area contributed by atoms with Crippen LogP contribution in [-0.2, 0) is 4.74 Å². The summed E-state index contributed by atoms with van der Waals surface area (Å²) in [6, 6.07) is 0. The van der Waals surface area contributed by atoms with Gasteiger partial charge in [-0.15, -0.1) is 0 Å². The Kier molecular flexibility index (Phi) is 16.9. The highest BCUT2D eigenvalue weighted by molar-refractivity contribution is 5.68. The van der Waals surface area contributed by atoms with E-state index in [2.05, 4.69) is 80.6 Å². The van der Waals surface area contributed by atoms with Gasteiger partial charge in [-0.25, -0.2) is 4.79 Å². The number of nitrogens with one attached hydrogen (secondary N) is 1. The largest absolute Gasteiger partial charge is 0.446 e. The lowest BCUT2D eigenvalue weighted by Crippen LogP contribution is -2.51. The normalized spacial score (nSPS) is 31.0. The van der Waals surface area contributed by atoms with E-state index in [1.807, 2.05) is 4.90 Å². The molecule has 0 aromatic carbocycles. The maximum Gasteiger partial charge on any atom is 0.410 e. The first-order valence-corrected chi connectivity index (χ1v) is 23.6. The molecule has 6 nitrogen and oxygen atoms in total. The van der Waals surface area contributed by atoms with Crippen molar-refractivity contribution in [3.63, 3.8) is 0 Å². The minimum atomic E-state index is -0.233. The molecule has 6 heteroatoms. The van der Waals surface area contributed by atoms with E-state index < -0.39 is 0 Å². The summed E-state index contributed by atoms with van der Waals surface area (Å²) in [6.45, 7) is 27.1. The molecule has 4 aliphatic rings. The third-order valence-corrected chi connectivity index (χ3v) is 17.3. The predicted octanol–water partition coefficient (Wildman–Crippen LogP) is 11.7. The second-order valence-electron chi connectivity index (χ2n) is 20.3. The molecule has 3 saturated carbocycles. The molecule has 3 fully saturated rings. The van der Waals surface area contributed by atoms with Crippen molar-refractivity contribution < 1.29 is 9.53 Å². The predicted molar refractivity (Wildman–Crippen MR) is 230 cm³/mol. The van der Waals surface area contributed by atoms with E-state index in [9.17, 15) is 4.79 Å². The van der Waals surface area contributed by atoms with Crippen LogP contribution in [0.1, 0.15) is 191 Å². The van der Waals surface area contributed by atoms with Gasteiger partial charge < -0.3 is 26.4 Å². The molecule has 0 spiro atoms. The second kappa shape index (κ2) is 20.0. The number of carbonyl (C=O) groups excluding carboxylic acids is 1. The summed E-state index contributed by atoms with van der Waals surface area (Å²) in [4.78, 5) is 15.9. The van der Waals surface area contributed by atoms with E-state index in [0.29, 0.717) is 12.0 Å². The minimum Gasteiger partial charge on any atom is -0.446 e. The van der Waals surface area contributed by atoms with Crippen LogP contribution in [0.3, 0.4) is 0 Å². The Bertz CT molecular complexity index is 1180. The average molecular weight is 755 g/mol. The topological polar surface area (TPSA) is 93.6 Å². The number of nitrogens with two attached hydrogens (primary N) is 2. The number of hydrogen-bond acceptors (Lipinski definition) is 5. The van der Waals surface area contributed by atoms with Gasteiger partial charge in [0.2, 0.25) is 0 Å². The molecule has 54 heavy (non-hydrogen) atoms. The fraction of sp³-hybridized carbons (Fsp3) is 0.938. The van der Waals surface area contributed by atoms with Crippen molar-refractivity contribution >= 4 is 6.09 Å². The molecule has 0 aromatic rings. The zero-order chi connectivity index (χ0) is 39.7. The SMILES string of the molecule is CC[C@H](CC[C@@H](C)[C@H]1CC[C@H]2[C@@H]3CC=C4CC(OC(=O)N(CCCCNCCC(N)(CC)CC)CCC(N)(CC)CC)CC[C@]4(C)[C@H]3CC[C@]12C)C(C)C. The molecule has 0 radical (unpaired) electrons. The smallest absolute Gasteiger partial charge is 0.410 e. The molecule has 0 bridgehead atoms. The van der Waals surface area contributed by atoms with Crippen LogP contribution in [0.4, 0.5) is 4.79 Å². The first-order valence-electron chi connectivity index (χ1n) is 23.6. The number of carbonyl (C=O) groups is 1. The summed E-state index contributed by atoms with van der Waals surface area (Å²) < 4.78 is 6.44. The maximum atomic E-state index is 13.9. The molecule has 4 rings (SSSR count). The Morgan fingerprint density at radius 2 is 1.56 bits per heavy atom. The second-order valence-corrected chi connectivity index (χ2v) is 20.3. The summed E-state index contributed by atoms with van der Waals surface area (Å²) in [7, 11) is 0. The zero-order valence-electron chi connectivity index (χ0n) is 37.4. The Balaban J connectivity index is 1.34. The highest BCUT2D eigenvalue weighted by Crippen LogP contribution is 2.67. The van der Waals surface area contributed by atoms with Crippen LogP contribution in [0.15, 0.2) is 11.6 Å². The third kappa shape index (κ3) is 10.7. The highest BCUT2D eigenvalue weighted by Gasteiger charge is 2.59. The standard InChI is InChI=1S/C48H90N4O2/c1-11-37(35(6)7)19-18-36(8)41-22-23-42-40-21-20-38-34-39(24-26-45(38,9)43(40)25-27-46(41,42)10)54-44(53)52(33-29-48(50,14-4)15-5)32-17-16-30-51-31-28-47(49,12-2)13-3/h20,35-37,39-43,51H,11-19,21-34,49-50H2,1-10H3/t36-,37-,39?,40+,41-,42+,43+,45+,46-/m1/s1. The van der Waals surface area contributed by atoms with Crippen LogP contribution in [-0.4, -0.2) is 54.4 Å². The number of allylic oxidation sites excluding steroid dienone is 1. The van der Waals surface area contributed by atoms with Crippen molar-refractivity contribution in [3.8, 4) is 0 Å². The molecule has 1 amide bonds. The number of unbranched alkanes of at least 4 members (excludes halogenated alkanes) is 1. The Hall–Kier alpha value is -1.11. The lowest BCUT2D eigenvalue weighted by Gasteiger charge is -2.58. The summed E-state index contributed by atoms with van der Waals surface area (Å²) in [6.07, 6.45) is 24.3. The van der Waals surface area contributed by atoms with Crippen molar-refractivity contribution in [2.24, 2.45) is 63.7 Å². The molecule has 0 saturated heterocycles. The van der Waals surface area contributed by atoms with Gasteiger partial charge in [0, 0.05) is 30.6 Å². The van der Waals surface area contributed by atoms with Crippen molar-refractivity contribution in [3.05, 3.63) is 11.6 Å². The van der Waals surface area contributed by atoms with Gasteiger partial charge in [0.15, 0.2) is 0 Å². The van der Waals surface area contributed by atoms with E-state index in [1.54, 1.807) is 5.57 Å². The van der Waals surface area contributed by atoms with Crippen LogP contribution in [0.5, 0.6) is 0 Å². The van der Waals surface area contributed by atoms with E-state index in [1.165, 1.54) is 51.4 Å². The number of hydrogen-bond donors (Lipinski definition) is 3. The van der Waals surface area contributed by atoms with Crippen molar-refractivity contribution in [1.29, 1.82) is 0 Å². The number of fused-ring (bicyclic) bond motifs is 5. The van der Waals surface area contributed by atoms with Gasteiger partial charge in [-0.1, -0.05) is 93.7 Å². The lowest BCUT2D eigenvalue weighted by molar-refractivity contribution is -0.0596. The van der Waals surface area contributed by atoms with E-state index in [0.717, 1.165) is 132 Å². The molecule has 314 valence electrons. The van der Waals surface area contributed by atoms with Gasteiger partial charge in [-0.2, -0.15) is 0 Å². The van der Waals surface area contributed by atoms with Crippen LogP contribution in [0.2, 0.25) is 0 Å². The first kappa shape index (κ1) is 45.6. The minimum absolute atomic E-state index is 0.0189. The lowest BCUT2D eigenvalue weighted by atomic mass is 9.47. The van der Waals surface area contributed by atoms with Crippen molar-refractivity contribution in [2.75, 3.05) is 26.2 Å². The van der Waals surface area contributed by atoms with Gasteiger partial charge in [0.1, 0.15) is 6.10 Å². The molecule has 0 aromatic heterocycles. The molecule has 9 atom stereocenters. The van der Waals surface area contributed by atoms with Crippen molar-refractivity contribution in [1.82, 2.24) is 10.2 Å². The first-order chi connectivity index (χ1) is 25.6. The van der Waals surface area contributed by atoms with E-state index >= 15 is 0 Å². The van der Waals surface area contributed by atoms with Gasteiger partial charge in [0.05, 0.1) is 0 Å². The van der Waals surface area contributed by atoms with Gasteiger partial charge >= 0.3 is 6.09 Å². The summed E-state index contributed by atoms with van der Waals surface area (Å²) in [5, 5.41) is 3.60. The zero-order valence-corrected chi connectivity index (χ0v) is 37.4. The molecular formula is C48H90N4O2. The molecule has 0 heterocycles. The fourth-order valence-corrected chi connectivity index (χ4v) is 12.5. The maximum absolute atomic E-state index is 13.9. The van der Waals surface area contributed by atoms with Gasteiger partial charge in [0.25, 0.3) is 0 Å². The van der Waals surface area contributed by atoms with Gasteiger partial charge in [-0.3, -0.25) is 0 Å². The number of ether oxygens (including phenoxy) is 1. The monoisotopic (exact) mass is 755 g/mol. The number of amides is 1. The quantitative estimate of drug-likeness (QED) is 0.0756. The van der Waals surface area contributed by atoms with Gasteiger partial charge in [-0.05, 0) is 168 Å². The Labute approximate surface area is 334 Å². The van der Waals surface area contributed by atoms with Crippen LogP contribution >= 0.6 is 0 Å². The van der Waals surface area contributed by atoms with Crippen LogP contribution in [0.25, 0.3) is 0 Å². The molecule has 4 aliphatic carbocycles. The van der Waals surface area contributed by atoms with E-state index in [4.69, 9.17) is 16.2 Å². The van der Waals surface area contributed by atoms with Crippen LogP contribution in [0, 0.1) is 52.3 Å². The molecule has 0 aliphatic heterocycles. The summed E-state index contributed by atoms with van der Waals surface area (Å²) >= 11 is 0. The molecule has 5 N–H and O–H groups in total. The molecule has 1 unspecified atom stereocenters. The number of nitrogens with zero attached hydrogens (tertiary/aromatic N) is 1. The Morgan fingerprint density at radius 1 is 0.870 bits per heavy atom. The third-order valence-electron chi connectivity index (χ3n) is 17.3. The summed E-state index contributed by atoms with van der Waals surface area (Å²) in [5.74, 6) is 5.87. The van der Waals surface area contributed by atoms with Crippen LogP contribution < -0.4 is 16.8 Å². The summed E-state index contributed by atoms with van der Waals surface area (Å²) in [5.41, 5.74) is 15.3. The average Bonchev–Trinajstić information content (AvgIpc) is 3.52. The highest BCUT2D eigenvalue weighted by atomic mass is 16.6. The Morgan fingerprint density at radius 3 is 2.20 bits per heavy atom. The van der Waals surface area contributed by atoms with E-state index in [-0.39, 0.29) is 28.7 Å². The number of rotatable bonds is 22. The molecular weight excluding hydrogens is 665 g/mol. The van der Waals surface area contributed by atoms with Crippen molar-refractivity contribution in [2.45, 2.75) is 208 Å². The fourth-order valence-electron chi connectivity index (χ4n) is 12.5.